The maximum Gasteiger partial charge on any atom is 0.229 e. The molecular formula is C17H16N4O. The average molecular weight is 292 g/mol. The number of hydrogen-bond donors (Lipinski definition) is 1. The Balaban J connectivity index is 1.66. The highest BCUT2D eigenvalue weighted by Crippen LogP contribution is 2.10. The lowest BCUT2D eigenvalue weighted by atomic mass is 10.1. The molecule has 1 N–H and O–H groups in total. The first-order valence-corrected chi connectivity index (χ1v) is 7.03. The minimum atomic E-state index is -0.0847. The van der Waals surface area contributed by atoms with E-state index in [0.29, 0.717) is 12.2 Å². The Morgan fingerprint density at radius 3 is 2.68 bits per heavy atom. The predicted molar refractivity (Wildman–Crippen MR) is 84.9 cm³/mol. The van der Waals surface area contributed by atoms with Crippen LogP contribution in [-0.4, -0.2) is 20.7 Å². The van der Waals surface area contributed by atoms with Gasteiger partial charge in [0.05, 0.1) is 18.3 Å². The summed E-state index contributed by atoms with van der Waals surface area (Å²) in [4.78, 5) is 16.2. The summed E-state index contributed by atoms with van der Waals surface area (Å²) in [5.74, 6) is 0.444. The van der Waals surface area contributed by atoms with Gasteiger partial charge in [0, 0.05) is 18.0 Å². The molecule has 0 aliphatic carbocycles. The fourth-order valence-corrected chi connectivity index (χ4v) is 2.10. The summed E-state index contributed by atoms with van der Waals surface area (Å²) in [5, 5.41) is 7.14. The molecule has 1 amide bonds. The van der Waals surface area contributed by atoms with E-state index in [1.54, 1.807) is 23.1 Å². The van der Waals surface area contributed by atoms with Gasteiger partial charge < -0.3 is 5.32 Å². The summed E-state index contributed by atoms with van der Waals surface area (Å²) in [6.07, 6.45) is 3.88. The number of aromatic nitrogens is 3. The third kappa shape index (κ3) is 3.38. The molecule has 2 heterocycles. The Morgan fingerprint density at radius 2 is 1.95 bits per heavy atom. The second-order valence-corrected chi connectivity index (χ2v) is 5.01. The first kappa shape index (κ1) is 14.0. The van der Waals surface area contributed by atoms with E-state index in [4.69, 9.17) is 0 Å². The summed E-state index contributed by atoms with van der Waals surface area (Å²) in [6.45, 7) is 1.93. The van der Waals surface area contributed by atoms with Crippen molar-refractivity contribution in [1.82, 2.24) is 14.8 Å². The van der Waals surface area contributed by atoms with Gasteiger partial charge in [-0.1, -0.05) is 30.3 Å². The molecule has 0 fully saturated rings. The van der Waals surface area contributed by atoms with Crippen LogP contribution >= 0.6 is 0 Å². The molecule has 0 radical (unpaired) electrons. The number of pyridine rings is 1. The van der Waals surface area contributed by atoms with Gasteiger partial charge in [-0.2, -0.15) is 5.10 Å². The molecule has 0 atom stereocenters. The zero-order valence-corrected chi connectivity index (χ0v) is 12.2. The number of hydrogen-bond acceptors (Lipinski definition) is 3. The second kappa shape index (κ2) is 6.22. The van der Waals surface area contributed by atoms with Gasteiger partial charge >= 0.3 is 0 Å². The van der Waals surface area contributed by atoms with E-state index < -0.39 is 0 Å². The lowest BCUT2D eigenvalue weighted by Crippen LogP contribution is -2.15. The largest absolute Gasteiger partial charge is 0.309 e. The fourth-order valence-electron chi connectivity index (χ4n) is 2.10. The number of carbonyl (C=O) groups excluding carboxylic acids is 1. The van der Waals surface area contributed by atoms with Gasteiger partial charge in [-0.05, 0) is 24.6 Å². The minimum absolute atomic E-state index is 0.0847. The molecule has 22 heavy (non-hydrogen) atoms. The zero-order chi connectivity index (χ0) is 15.4. The molecule has 1 aromatic carbocycles. The highest BCUT2D eigenvalue weighted by atomic mass is 16.1. The molecular weight excluding hydrogens is 276 g/mol. The van der Waals surface area contributed by atoms with E-state index in [2.05, 4.69) is 15.4 Å². The van der Waals surface area contributed by atoms with Crippen molar-refractivity contribution < 1.29 is 4.79 Å². The lowest BCUT2D eigenvalue weighted by Gasteiger charge is -2.03. The minimum Gasteiger partial charge on any atom is -0.309 e. The van der Waals surface area contributed by atoms with Gasteiger partial charge in [-0.25, -0.2) is 4.68 Å². The van der Waals surface area contributed by atoms with Crippen LogP contribution in [0.4, 0.5) is 5.82 Å². The van der Waals surface area contributed by atoms with Crippen LogP contribution in [-0.2, 0) is 11.2 Å². The van der Waals surface area contributed by atoms with Crippen LogP contribution in [0.1, 0.15) is 11.3 Å². The van der Waals surface area contributed by atoms with Crippen molar-refractivity contribution in [3.05, 3.63) is 72.2 Å². The molecule has 5 heteroatoms. The van der Waals surface area contributed by atoms with Crippen LogP contribution in [0.3, 0.4) is 0 Å². The average Bonchev–Trinajstić information content (AvgIpc) is 2.97. The molecule has 0 aliphatic rings. The molecule has 0 aliphatic heterocycles. The Bertz CT molecular complexity index is 763. The molecule has 5 nitrogen and oxygen atoms in total. The van der Waals surface area contributed by atoms with Crippen LogP contribution in [0.2, 0.25) is 0 Å². The maximum absolute atomic E-state index is 12.0. The van der Waals surface area contributed by atoms with E-state index in [1.807, 2.05) is 49.4 Å². The monoisotopic (exact) mass is 292 g/mol. The first-order valence-electron chi connectivity index (χ1n) is 7.03. The number of anilines is 1. The number of benzene rings is 1. The van der Waals surface area contributed by atoms with Gasteiger partial charge in [0.25, 0.3) is 0 Å². The molecule has 3 rings (SSSR count). The molecule has 0 spiro atoms. The van der Waals surface area contributed by atoms with E-state index in [1.165, 1.54) is 0 Å². The SMILES string of the molecule is Cc1ccc(-n2ccc(NC(=O)Cc3ccccc3)n2)cn1. The van der Waals surface area contributed by atoms with Crippen molar-refractivity contribution in [2.75, 3.05) is 5.32 Å². The van der Waals surface area contributed by atoms with Gasteiger partial charge in [-0.3, -0.25) is 9.78 Å². The highest BCUT2D eigenvalue weighted by molar-refractivity contribution is 5.91. The zero-order valence-electron chi connectivity index (χ0n) is 12.2. The molecule has 0 bridgehead atoms. The van der Waals surface area contributed by atoms with Crippen molar-refractivity contribution in [2.24, 2.45) is 0 Å². The van der Waals surface area contributed by atoms with Crippen molar-refractivity contribution in [2.45, 2.75) is 13.3 Å². The van der Waals surface area contributed by atoms with Crippen LogP contribution in [0.25, 0.3) is 5.69 Å². The normalized spacial score (nSPS) is 10.4. The fraction of sp³-hybridized carbons (Fsp3) is 0.118. The molecule has 110 valence electrons. The van der Waals surface area contributed by atoms with E-state index in [9.17, 15) is 4.79 Å². The topological polar surface area (TPSA) is 59.8 Å². The van der Waals surface area contributed by atoms with Crippen molar-refractivity contribution in [1.29, 1.82) is 0 Å². The van der Waals surface area contributed by atoms with Gasteiger partial charge in [0.2, 0.25) is 5.91 Å². The van der Waals surface area contributed by atoms with Crippen LogP contribution in [0.5, 0.6) is 0 Å². The summed E-state index contributed by atoms with van der Waals surface area (Å²) in [5.41, 5.74) is 2.78. The van der Waals surface area contributed by atoms with E-state index in [0.717, 1.165) is 16.9 Å². The molecule has 0 saturated carbocycles. The summed E-state index contributed by atoms with van der Waals surface area (Å²) in [7, 11) is 0. The van der Waals surface area contributed by atoms with Crippen molar-refractivity contribution in [3.63, 3.8) is 0 Å². The van der Waals surface area contributed by atoms with E-state index >= 15 is 0 Å². The molecule has 2 aromatic heterocycles. The van der Waals surface area contributed by atoms with Crippen LogP contribution in [0.15, 0.2) is 60.9 Å². The summed E-state index contributed by atoms with van der Waals surface area (Å²) in [6, 6.07) is 15.2. The lowest BCUT2D eigenvalue weighted by molar-refractivity contribution is -0.115. The predicted octanol–water partition coefficient (Wildman–Crippen LogP) is 2.76. The Hall–Kier alpha value is -2.95. The van der Waals surface area contributed by atoms with E-state index in [-0.39, 0.29) is 5.91 Å². The Labute approximate surface area is 128 Å². The number of rotatable bonds is 4. The number of aryl methyl sites for hydroxylation is 1. The molecule has 0 unspecified atom stereocenters. The maximum atomic E-state index is 12.0. The first-order chi connectivity index (χ1) is 10.7. The third-order valence-corrected chi connectivity index (χ3v) is 3.22. The quantitative estimate of drug-likeness (QED) is 0.804. The number of nitrogens with zero attached hydrogens (tertiary/aromatic N) is 3. The van der Waals surface area contributed by atoms with Crippen molar-refractivity contribution >= 4 is 11.7 Å². The molecule has 3 aromatic rings. The Morgan fingerprint density at radius 1 is 1.14 bits per heavy atom. The van der Waals surface area contributed by atoms with Crippen molar-refractivity contribution in [3.8, 4) is 5.69 Å². The third-order valence-electron chi connectivity index (χ3n) is 3.22. The summed E-state index contributed by atoms with van der Waals surface area (Å²) < 4.78 is 1.69. The Kier molecular flexibility index (Phi) is 3.96. The standard InChI is InChI=1S/C17H16N4O/c1-13-7-8-15(12-18-13)21-10-9-16(20-21)19-17(22)11-14-5-3-2-4-6-14/h2-10,12H,11H2,1H3,(H,19,20,22). The second-order valence-electron chi connectivity index (χ2n) is 5.01. The summed E-state index contributed by atoms with van der Waals surface area (Å²) >= 11 is 0. The number of amides is 1. The number of nitrogens with one attached hydrogen (secondary N) is 1. The smallest absolute Gasteiger partial charge is 0.229 e. The molecule has 0 saturated heterocycles. The highest BCUT2D eigenvalue weighted by Gasteiger charge is 2.07. The van der Waals surface area contributed by atoms with Gasteiger partial charge in [0.15, 0.2) is 5.82 Å². The van der Waals surface area contributed by atoms with Crippen LogP contribution < -0.4 is 5.32 Å². The number of carbonyl (C=O) groups is 1. The van der Waals surface area contributed by atoms with Gasteiger partial charge in [-0.15, -0.1) is 0 Å². The van der Waals surface area contributed by atoms with Gasteiger partial charge in [0.1, 0.15) is 0 Å². The van der Waals surface area contributed by atoms with Crippen LogP contribution in [0, 0.1) is 6.92 Å².